The van der Waals surface area contributed by atoms with Crippen LogP contribution in [0, 0.1) is 11.3 Å². The van der Waals surface area contributed by atoms with Gasteiger partial charge in [-0.25, -0.2) is 0 Å². The summed E-state index contributed by atoms with van der Waals surface area (Å²) in [7, 11) is 0. The van der Waals surface area contributed by atoms with Gasteiger partial charge in [-0.15, -0.1) is 0 Å². The minimum absolute atomic E-state index is 0.121. The van der Waals surface area contributed by atoms with Gasteiger partial charge in [-0.3, -0.25) is 4.99 Å². The van der Waals surface area contributed by atoms with Crippen LogP contribution in [-0.2, 0) is 0 Å². The maximum atomic E-state index is 6.16. The Hall–Kier alpha value is -0.890. The topological polar surface area (TPSA) is 38.4 Å². The average Bonchev–Trinajstić information content (AvgIpc) is 2.58. The Morgan fingerprint density at radius 2 is 2.21 bits per heavy atom. The van der Waals surface area contributed by atoms with Crippen LogP contribution in [-0.4, -0.2) is 18.3 Å². The minimum Gasteiger partial charge on any atom is -0.327 e. The molecule has 3 rings (SSSR count). The van der Waals surface area contributed by atoms with E-state index in [1.165, 1.54) is 5.71 Å². The first-order valence-corrected chi connectivity index (χ1v) is 5.48. The van der Waals surface area contributed by atoms with Crippen molar-refractivity contribution in [1.82, 2.24) is 0 Å². The Bertz CT molecular complexity index is 340. The zero-order valence-corrected chi connectivity index (χ0v) is 8.32. The Morgan fingerprint density at radius 1 is 1.36 bits per heavy atom. The molecule has 1 spiro atoms. The molecule has 0 aromatic rings. The molecular formula is C12H16N2. The molecule has 1 aliphatic heterocycles. The molecule has 0 saturated heterocycles. The van der Waals surface area contributed by atoms with Gasteiger partial charge in [0.05, 0.1) is 5.41 Å². The summed E-state index contributed by atoms with van der Waals surface area (Å²) in [6.45, 7) is 0.936. The predicted molar refractivity (Wildman–Crippen MR) is 58.3 cm³/mol. The molecule has 0 radical (unpaired) electrons. The van der Waals surface area contributed by atoms with E-state index in [1.54, 1.807) is 0 Å². The summed E-state index contributed by atoms with van der Waals surface area (Å²) >= 11 is 0. The second kappa shape index (κ2) is 2.80. The van der Waals surface area contributed by atoms with Crippen molar-refractivity contribution in [1.29, 1.82) is 0 Å². The van der Waals surface area contributed by atoms with E-state index >= 15 is 0 Å². The van der Waals surface area contributed by atoms with E-state index in [4.69, 9.17) is 5.73 Å². The fourth-order valence-electron chi connectivity index (χ4n) is 3.07. The molecule has 3 aliphatic rings. The number of aliphatic imine (C=N–C) groups is 1. The van der Waals surface area contributed by atoms with Crippen LogP contribution >= 0.6 is 0 Å². The highest BCUT2D eigenvalue weighted by atomic mass is 14.9. The lowest BCUT2D eigenvalue weighted by Crippen LogP contribution is -2.45. The van der Waals surface area contributed by atoms with Crippen molar-refractivity contribution < 1.29 is 0 Å². The second-order valence-corrected chi connectivity index (χ2v) is 4.57. The molecule has 14 heavy (non-hydrogen) atoms. The van der Waals surface area contributed by atoms with Crippen LogP contribution in [0.5, 0.6) is 0 Å². The number of rotatable bonds is 0. The van der Waals surface area contributed by atoms with Crippen LogP contribution < -0.4 is 5.73 Å². The standard InChI is InChI=1S/C12H16N2/c13-10-4-3-7-12-6-2-1-5-11(12)14-8-9(10)12/h2-3,6-7,9-10H,1,4-5,8,13H2. The highest BCUT2D eigenvalue weighted by molar-refractivity contribution is 5.97. The second-order valence-electron chi connectivity index (χ2n) is 4.57. The Balaban J connectivity index is 2.10. The fourth-order valence-corrected chi connectivity index (χ4v) is 3.07. The van der Waals surface area contributed by atoms with Crippen LogP contribution in [0.4, 0.5) is 0 Å². The van der Waals surface area contributed by atoms with Gasteiger partial charge in [0.25, 0.3) is 0 Å². The first kappa shape index (κ1) is 8.42. The molecule has 2 nitrogen and oxygen atoms in total. The molecule has 0 aromatic carbocycles. The molecule has 0 amide bonds. The normalized spacial score (nSPS) is 44.5. The number of allylic oxidation sites excluding steroid dienone is 3. The molecule has 2 N–H and O–H groups in total. The zero-order valence-electron chi connectivity index (χ0n) is 8.32. The van der Waals surface area contributed by atoms with E-state index in [9.17, 15) is 0 Å². The van der Waals surface area contributed by atoms with Crippen molar-refractivity contribution in [2.75, 3.05) is 6.54 Å². The Kier molecular flexibility index (Phi) is 1.68. The molecule has 0 bridgehead atoms. The van der Waals surface area contributed by atoms with Gasteiger partial charge >= 0.3 is 0 Å². The van der Waals surface area contributed by atoms with Crippen LogP contribution in [0.1, 0.15) is 19.3 Å². The zero-order chi connectivity index (χ0) is 9.60. The molecule has 2 heteroatoms. The molecule has 74 valence electrons. The quantitative estimate of drug-likeness (QED) is 0.577. The molecule has 2 aliphatic carbocycles. The van der Waals surface area contributed by atoms with Gasteiger partial charge in [-0.1, -0.05) is 24.3 Å². The van der Waals surface area contributed by atoms with Crippen LogP contribution in [0.2, 0.25) is 0 Å². The average molecular weight is 188 g/mol. The van der Waals surface area contributed by atoms with E-state index in [-0.39, 0.29) is 5.41 Å². The first-order chi connectivity index (χ1) is 6.83. The van der Waals surface area contributed by atoms with Gasteiger partial charge in [0.15, 0.2) is 0 Å². The molecule has 0 fully saturated rings. The number of nitrogens with zero attached hydrogens (tertiary/aromatic N) is 1. The molecule has 1 heterocycles. The van der Waals surface area contributed by atoms with E-state index in [2.05, 4.69) is 29.3 Å². The largest absolute Gasteiger partial charge is 0.327 e. The van der Waals surface area contributed by atoms with Crippen LogP contribution in [0.3, 0.4) is 0 Å². The number of hydrogen-bond acceptors (Lipinski definition) is 2. The highest BCUT2D eigenvalue weighted by Gasteiger charge is 2.47. The van der Waals surface area contributed by atoms with Gasteiger partial charge in [0.1, 0.15) is 0 Å². The summed E-state index contributed by atoms with van der Waals surface area (Å²) in [4.78, 5) is 4.68. The lowest BCUT2D eigenvalue weighted by Gasteiger charge is -2.39. The molecular weight excluding hydrogens is 172 g/mol. The van der Waals surface area contributed by atoms with Crippen molar-refractivity contribution in [3.05, 3.63) is 24.3 Å². The Labute approximate surface area is 84.6 Å². The lowest BCUT2D eigenvalue weighted by atomic mass is 9.64. The highest BCUT2D eigenvalue weighted by Crippen LogP contribution is 2.46. The molecule has 3 unspecified atom stereocenters. The van der Waals surface area contributed by atoms with Crippen LogP contribution in [0.15, 0.2) is 29.3 Å². The predicted octanol–water partition coefficient (Wildman–Crippen LogP) is 1.68. The third kappa shape index (κ3) is 0.921. The van der Waals surface area contributed by atoms with Crippen molar-refractivity contribution >= 4 is 5.71 Å². The summed E-state index contributed by atoms with van der Waals surface area (Å²) < 4.78 is 0. The van der Waals surface area contributed by atoms with Crippen molar-refractivity contribution in [2.24, 2.45) is 22.1 Å². The minimum atomic E-state index is 0.121. The summed E-state index contributed by atoms with van der Waals surface area (Å²) in [5, 5.41) is 0. The summed E-state index contributed by atoms with van der Waals surface area (Å²) in [6.07, 6.45) is 12.5. The first-order valence-electron chi connectivity index (χ1n) is 5.48. The third-order valence-electron chi connectivity index (χ3n) is 3.85. The monoisotopic (exact) mass is 188 g/mol. The summed E-state index contributed by atoms with van der Waals surface area (Å²) in [6, 6.07) is 0.295. The molecule has 0 aromatic heterocycles. The van der Waals surface area contributed by atoms with Gasteiger partial charge in [-0.05, 0) is 19.3 Å². The number of hydrogen-bond donors (Lipinski definition) is 1. The lowest BCUT2D eigenvalue weighted by molar-refractivity contribution is 0.331. The van der Waals surface area contributed by atoms with E-state index in [0.717, 1.165) is 25.8 Å². The van der Waals surface area contributed by atoms with Crippen molar-refractivity contribution in [3.63, 3.8) is 0 Å². The summed E-state index contributed by atoms with van der Waals surface area (Å²) in [5.74, 6) is 0.527. The molecule has 0 saturated carbocycles. The van der Waals surface area contributed by atoms with E-state index in [1.807, 2.05) is 0 Å². The van der Waals surface area contributed by atoms with Gasteiger partial charge in [0, 0.05) is 24.2 Å². The van der Waals surface area contributed by atoms with Gasteiger partial charge in [0.2, 0.25) is 0 Å². The summed E-state index contributed by atoms with van der Waals surface area (Å²) in [5.41, 5.74) is 7.66. The smallest absolute Gasteiger partial charge is 0.0502 e. The van der Waals surface area contributed by atoms with Gasteiger partial charge < -0.3 is 5.73 Å². The fraction of sp³-hybridized carbons (Fsp3) is 0.583. The SMILES string of the molecule is NC1CC=CC23C=CCCC2=NCC13. The van der Waals surface area contributed by atoms with Crippen molar-refractivity contribution in [2.45, 2.75) is 25.3 Å². The van der Waals surface area contributed by atoms with E-state index in [0.29, 0.717) is 12.0 Å². The Morgan fingerprint density at radius 3 is 3.14 bits per heavy atom. The van der Waals surface area contributed by atoms with E-state index < -0.39 is 0 Å². The third-order valence-corrected chi connectivity index (χ3v) is 3.85. The van der Waals surface area contributed by atoms with Crippen molar-refractivity contribution in [3.8, 4) is 0 Å². The number of nitrogens with two attached hydrogens (primary N) is 1. The molecule has 3 atom stereocenters. The maximum Gasteiger partial charge on any atom is 0.0502 e. The van der Waals surface area contributed by atoms with Crippen LogP contribution in [0.25, 0.3) is 0 Å². The maximum absolute atomic E-state index is 6.16. The van der Waals surface area contributed by atoms with Gasteiger partial charge in [-0.2, -0.15) is 0 Å².